The number of carbonyl (C=O) groups excluding carboxylic acids is 2. The number of nitrogens with zero attached hydrogens (tertiary/aromatic N) is 2. The van der Waals surface area contributed by atoms with Crippen LogP contribution in [0.4, 0.5) is 5.69 Å². The largest absolute Gasteiger partial charge is 0.307 e. The number of hydrogen-bond acceptors (Lipinski definition) is 3. The first-order chi connectivity index (χ1) is 12.2. The highest BCUT2D eigenvalue weighted by atomic mass is 16.2. The van der Waals surface area contributed by atoms with E-state index in [-0.39, 0.29) is 5.91 Å². The summed E-state index contributed by atoms with van der Waals surface area (Å²) >= 11 is 0. The summed E-state index contributed by atoms with van der Waals surface area (Å²) in [7, 11) is 0. The zero-order chi connectivity index (χ0) is 17.9. The Balaban J connectivity index is 2.11. The number of fused-ring (bicyclic) bond motifs is 1. The van der Waals surface area contributed by atoms with Crippen molar-refractivity contribution in [3.8, 4) is 6.07 Å². The minimum Gasteiger partial charge on any atom is -0.307 e. The van der Waals surface area contributed by atoms with Crippen LogP contribution in [-0.2, 0) is 16.1 Å². The Morgan fingerprint density at radius 3 is 2.48 bits per heavy atom. The Bertz CT molecular complexity index is 907. The standard InChI is InChI=1S/C21H16N2O2/c1-2-12-21(14-22,15-24)19-17-10-6-7-11-18(17)23(20(19)25)13-16-8-4-3-5-9-16/h3-12,15,19H,1,13H2. The van der Waals surface area contributed by atoms with E-state index in [0.29, 0.717) is 18.4 Å². The average Bonchev–Trinajstić information content (AvgIpc) is 2.93. The van der Waals surface area contributed by atoms with Crippen LogP contribution in [-0.4, -0.2) is 12.2 Å². The molecule has 1 amide bonds. The fourth-order valence-corrected chi connectivity index (χ4v) is 3.25. The van der Waals surface area contributed by atoms with Gasteiger partial charge in [-0.3, -0.25) is 4.79 Å². The summed E-state index contributed by atoms with van der Waals surface area (Å²) in [5, 5.41) is 9.64. The molecule has 0 saturated carbocycles. The molecule has 4 heteroatoms. The fourth-order valence-electron chi connectivity index (χ4n) is 3.25. The van der Waals surface area contributed by atoms with E-state index in [4.69, 9.17) is 0 Å². The number of carbonyl (C=O) groups is 2. The molecule has 3 rings (SSSR count). The molecule has 1 aliphatic heterocycles. The zero-order valence-corrected chi connectivity index (χ0v) is 13.6. The molecule has 1 aliphatic rings. The van der Waals surface area contributed by atoms with Crippen molar-refractivity contribution in [2.24, 2.45) is 5.41 Å². The number of hydrogen-bond donors (Lipinski definition) is 0. The third kappa shape index (κ3) is 2.67. The monoisotopic (exact) mass is 328 g/mol. The van der Waals surface area contributed by atoms with E-state index in [9.17, 15) is 14.9 Å². The van der Waals surface area contributed by atoms with Crippen molar-refractivity contribution in [1.82, 2.24) is 0 Å². The van der Waals surface area contributed by atoms with Crippen molar-refractivity contribution < 1.29 is 9.59 Å². The van der Waals surface area contributed by atoms with Gasteiger partial charge in [0.05, 0.1) is 18.5 Å². The highest BCUT2D eigenvalue weighted by Gasteiger charge is 2.50. The number of aldehydes is 1. The van der Waals surface area contributed by atoms with Gasteiger partial charge in [0, 0.05) is 5.69 Å². The first-order valence-corrected chi connectivity index (χ1v) is 7.85. The lowest BCUT2D eigenvalue weighted by Crippen LogP contribution is -2.36. The molecule has 0 aliphatic carbocycles. The average molecular weight is 328 g/mol. The Morgan fingerprint density at radius 2 is 1.84 bits per heavy atom. The van der Waals surface area contributed by atoms with Gasteiger partial charge in [0.15, 0.2) is 5.41 Å². The minimum atomic E-state index is -1.61. The van der Waals surface area contributed by atoms with Gasteiger partial charge in [-0.25, -0.2) is 0 Å². The van der Waals surface area contributed by atoms with Gasteiger partial charge in [0.25, 0.3) is 0 Å². The Kier molecular flexibility index (Phi) is 4.35. The molecule has 2 aromatic carbocycles. The number of benzene rings is 2. The van der Waals surface area contributed by atoms with Crippen LogP contribution in [0.25, 0.3) is 0 Å². The SMILES string of the molecule is C=C=CC(C#N)(C=O)C1C(=O)N(Cc2ccccc2)c2ccccc21. The van der Waals surface area contributed by atoms with Crippen LogP contribution in [0, 0.1) is 16.7 Å². The summed E-state index contributed by atoms with van der Waals surface area (Å²) in [6, 6.07) is 18.8. The van der Waals surface area contributed by atoms with E-state index in [2.05, 4.69) is 12.3 Å². The first-order valence-electron chi connectivity index (χ1n) is 7.85. The molecule has 4 nitrogen and oxygen atoms in total. The molecule has 0 bridgehead atoms. The van der Waals surface area contributed by atoms with E-state index in [1.807, 2.05) is 48.5 Å². The van der Waals surface area contributed by atoms with E-state index in [0.717, 1.165) is 11.3 Å². The lowest BCUT2D eigenvalue weighted by molar-refractivity contribution is -0.124. The summed E-state index contributed by atoms with van der Waals surface area (Å²) in [5.41, 5.74) is 3.26. The van der Waals surface area contributed by atoms with Crippen molar-refractivity contribution in [3.05, 3.63) is 84.1 Å². The summed E-state index contributed by atoms with van der Waals surface area (Å²) in [6.45, 7) is 3.85. The van der Waals surface area contributed by atoms with Gasteiger partial charge in [0.1, 0.15) is 6.29 Å². The van der Waals surface area contributed by atoms with Crippen molar-refractivity contribution in [2.45, 2.75) is 12.5 Å². The molecule has 0 spiro atoms. The normalized spacial score (nSPS) is 17.8. The molecular weight excluding hydrogens is 312 g/mol. The molecule has 0 radical (unpaired) electrons. The molecule has 2 unspecified atom stereocenters. The van der Waals surface area contributed by atoms with E-state index >= 15 is 0 Å². The van der Waals surface area contributed by atoms with Gasteiger partial charge in [-0.1, -0.05) is 55.1 Å². The summed E-state index contributed by atoms with van der Waals surface area (Å²) < 4.78 is 0. The summed E-state index contributed by atoms with van der Waals surface area (Å²) in [6.07, 6.45) is 1.79. The molecule has 25 heavy (non-hydrogen) atoms. The molecule has 122 valence electrons. The van der Waals surface area contributed by atoms with Crippen molar-refractivity contribution >= 4 is 17.9 Å². The maximum Gasteiger partial charge on any atom is 0.237 e. The lowest BCUT2D eigenvalue weighted by Gasteiger charge is -2.23. The molecule has 0 aromatic heterocycles. The molecule has 0 fully saturated rings. The predicted octanol–water partition coefficient (Wildman–Crippen LogP) is 3.37. The fraction of sp³-hybridized carbons (Fsp3) is 0.143. The Hall–Kier alpha value is -3.41. The van der Waals surface area contributed by atoms with Crippen molar-refractivity contribution in [3.63, 3.8) is 0 Å². The van der Waals surface area contributed by atoms with Crippen molar-refractivity contribution in [2.75, 3.05) is 4.90 Å². The molecule has 2 aromatic rings. The number of allylic oxidation sites excluding steroid dienone is 1. The summed E-state index contributed by atoms with van der Waals surface area (Å²) in [5.74, 6) is -1.17. The minimum absolute atomic E-state index is 0.273. The second-order valence-electron chi connectivity index (χ2n) is 5.91. The van der Waals surface area contributed by atoms with Crippen LogP contribution < -0.4 is 4.90 Å². The van der Waals surface area contributed by atoms with Crippen LogP contribution in [0.15, 0.2) is 73.0 Å². The summed E-state index contributed by atoms with van der Waals surface area (Å²) in [4.78, 5) is 26.5. The van der Waals surface area contributed by atoms with Gasteiger partial charge >= 0.3 is 0 Å². The van der Waals surface area contributed by atoms with Crippen LogP contribution in [0.3, 0.4) is 0 Å². The predicted molar refractivity (Wildman–Crippen MR) is 94.6 cm³/mol. The second-order valence-corrected chi connectivity index (χ2v) is 5.91. The molecular formula is C21H16N2O2. The highest BCUT2D eigenvalue weighted by Crippen LogP contribution is 2.47. The van der Waals surface area contributed by atoms with Gasteiger partial charge in [-0.05, 0) is 23.3 Å². The molecule has 0 N–H and O–H groups in total. The van der Waals surface area contributed by atoms with Gasteiger partial charge in [-0.2, -0.15) is 5.26 Å². The van der Waals surface area contributed by atoms with E-state index in [1.54, 1.807) is 17.0 Å². The lowest BCUT2D eigenvalue weighted by atomic mass is 9.74. The maximum absolute atomic E-state index is 13.2. The van der Waals surface area contributed by atoms with E-state index in [1.165, 1.54) is 6.08 Å². The molecule has 2 atom stereocenters. The van der Waals surface area contributed by atoms with Crippen LogP contribution in [0.5, 0.6) is 0 Å². The smallest absolute Gasteiger partial charge is 0.237 e. The first kappa shape index (κ1) is 16.4. The molecule has 1 heterocycles. The van der Waals surface area contributed by atoms with E-state index < -0.39 is 11.3 Å². The van der Waals surface area contributed by atoms with Crippen molar-refractivity contribution in [1.29, 1.82) is 5.26 Å². The highest BCUT2D eigenvalue weighted by molar-refractivity contribution is 6.07. The Morgan fingerprint density at radius 1 is 1.16 bits per heavy atom. The van der Waals surface area contributed by atoms with Gasteiger partial charge in [0.2, 0.25) is 5.91 Å². The third-order valence-corrected chi connectivity index (χ3v) is 4.44. The number of nitriles is 1. The number of amides is 1. The van der Waals surface area contributed by atoms with Gasteiger partial charge < -0.3 is 9.69 Å². The third-order valence-electron chi connectivity index (χ3n) is 4.44. The quantitative estimate of drug-likeness (QED) is 0.624. The van der Waals surface area contributed by atoms with Crippen LogP contribution in [0.2, 0.25) is 0 Å². The van der Waals surface area contributed by atoms with Gasteiger partial charge in [-0.15, -0.1) is 5.73 Å². The zero-order valence-electron chi connectivity index (χ0n) is 13.6. The number of anilines is 1. The van der Waals surface area contributed by atoms with Crippen LogP contribution in [0.1, 0.15) is 17.0 Å². The molecule has 0 saturated heterocycles. The number of para-hydroxylation sites is 1. The van der Waals surface area contributed by atoms with Crippen LogP contribution >= 0.6 is 0 Å². The second kappa shape index (κ2) is 6.60. The topological polar surface area (TPSA) is 61.2 Å². The Labute approximate surface area is 146 Å². The number of rotatable bonds is 5. The maximum atomic E-state index is 13.2.